The molecule has 0 unspecified atom stereocenters. The van der Waals surface area contributed by atoms with E-state index in [1.54, 1.807) is 12.4 Å². The number of nitrogens with zero attached hydrogens (tertiary/aromatic N) is 2. The van der Waals surface area contributed by atoms with Crippen LogP contribution in [0.5, 0.6) is 11.5 Å². The van der Waals surface area contributed by atoms with Gasteiger partial charge >= 0.3 is 0 Å². The van der Waals surface area contributed by atoms with Gasteiger partial charge in [0.05, 0.1) is 0 Å². The van der Waals surface area contributed by atoms with E-state index in [1.165, 1.54) is 0 Å². The molecule has 0 aliphatic carbocycles. The van der Waals surface area contributed by atoms with Crippen molar-refractivity contribution in [1.82, 2.24) is 0 Å². The number of phenolic OH excluding ortho intramolecular Hbond substituents is 2. The van der Waals surface area contributed by atoms with Crippen molar-refractivity contribution in [3.63, 3.8) is 0 Å². The molecule has 4 heteroatoms. The summed E-state index contributed by atoms with van der Waals surface area (Å²) in [6.45, 7) is 5.47. The summed E-state index contributed by atoms with van der Waals surface area (Å²) in [6, 6.07) is 11.5. The summed E-state index contributed by atoms with van der Waals surface area (Å²) in [7, 11) is 0. The molecular formula is C22H28N2O2. The summed E-state index contributed by atoms with van der Waals surface area (Å²) in [5, 5.41) is 20.2. The number of rotatable bonds is 9. The van der Waals surface area contributed by atoms with Crippen LogP contribution in [0.25, 0.3) is 0 Å². The van der Waals surface area contributed by atoms with E-state index in [0.29, 0.717) is 24.6 Å². The first-order valence-electron chi connectivity index (χ1n) is 9.28. The second-order valence-corrected chi connectivity index (χ2v) is 6.19. The fraction of sp³-hybridized carbons (Fsp3) is 0.364. The van der Waals surface area contributed by atoms with Crippen LogP contribution in [0, 0.1) is 0 Å². The van der Waals surface area contributed by atoms with E-state index >= 15 is 0 Å². The zero-order valence-electron chi connectivity index (χ0n) is 15.7. The molecule has 138 valence electrons. The maximum Gasteiger partial charge on any atom is 0.127 e. The summed E-state index contributed by atoms with van der Waals surface area (Å²) in [5.41, 5.74) is 3.43. The molecule has 0 bridgehead atoms. The first-order valence-corrected chi connectivity index (χ1v) is 9.28. The van der Waals surface area contributed by atoms with Crippen molar-refractivity contribution in [1.29, 1.82) is 0 Å². The van der Waals surface area contributed by atoms with Gasteiger partial charge in [0.25, 0.3) is 0 Å². The van der Waals surface area contributed by atoms with Crippen molar-refractivity contribution in [2.45, 2.75) is 39.5 Å². The smallest absolute Gasteiger partial charge is 0.127 e. The van der Waals surface area contributed by atoms with Gasteiger partial charge in [0.2, 0.25) is 0 Å². The van der Waals surface area contributed by atoms with Gasteiger partial charge in [-0.25, -0.2) is 0 Å². The Morgan fingerprint density at radius 2 is 1.15 bits per heavy atom. The van der Waals surface area contributed by atoms with E-state index in [0.717, 1.165) is 47.9 Å². The molecule has 0 fully saturated rings. The van der Waals surface area contributed by atoms with E-state index in [-0.39, 0.29) is 0 Å². The molecule has 2 rings (SSSR count). The van der Waals surface area contributed by atoms with Crippen LogP contribution in [-0.2, 0) is 12.8 Å². The Bertz CT molecular complexity index is 701. The zero-order chi connectivity index (χ0) is 18.8. The lowest BCUT2D eigenvalue weighted by atomic mass is 10.1. The molecular weight excluding hydrogens is 324 g/mol. The summed E-state index contributed by atoms with van der Waals surface area (Å²) in [6.07, 6.45) is 6.97. The fourth-order valence-corrected chi connectivity index (χ4v) is 2.73. The fourth-order valence-electron chi connectivity index (χ4n) is 2.73. The molecule has 0 atom stereocenters. The lowest BCUT2D eigenvalue weighted by Gasteiger charge is -2.04. The number of aryl methyl sites for hydroxylation is 2. The molecule has 0 saturated carbocycles. The Morgan fingerprint density at radius 1 is 0.731 bits per heavy atom. The molecule has 0 aliphatic rings. The van der Waals surface area contributed by atoms with Crippen molar-refractivity contribution in [3.05, 3.63) is 58.7 Å². The standard InChI is InChI=1S/C22H28N2O2/c1-3-17-9-7-11-19(21(17)25)15-23-13-5-6-14-24-16-20-12-8-10-18(4-2)22(20)26/h7-12,15-16,25-26H,3-6,13-14H2,1-2H3. The number of unbranched alkanes of at least 4 members (excludes halogenated alkanes) is 1. The third-order valence-corrected chi connectivity index (χ3v) is 4.35. The predicted molar refractivity (Wildman–Crippen MR) is 109 cm³/mol. The van der Waals surface area contributed by atoms with Crippen LogP contribution in [0.2, 0.25) is 0 Å². The molecule has 0 heterocycles. The lowest BCUT2D eigenvalue weighted by molar-refractivity contribution is 0.467. The van der Waals surface area contributed by atoms with E-state index in [9.17, 15) is 10.2 Å². The lowest BCUT2D eigenvalue weighted by Crippen LogP contribution is -1.92. The topological polar surface area (TPSA) is 65.2 Å². The van der Waals surface area contributed by atoms with Gasteiger partial charge in [-0.2, -0.15) is 0 Å². The third-order valence-electron chi connectivity index (χ3n) is 4.35. The molecule has 0 amide bonds. The highest BCUT2D eigenvalue weighted by Gasteiger charge is 2.03. The van der Waals surface area contributed by atoms with Crippen LogP contribution in [-0.4, -0.2) is 35.7 Å². The molecule has 0 spiro atoms. The number of phenols is 2. The van der Waals surface area contributed by atoms with Crippen LogP contribution in [0.15, 0.2) is 46.4 Å². The van der Waals surface area contributed by atoms with Crippen molar-refractivity contribution in [3.8, 4) is 11.5 Å². The molecule has 0 saturated heterocycles. The van der Waals surface area contributed by atoms with Crippen LogP contribution in [0.4, 0.5) is 0 Å². The normalized spacial score (nSPS) is 11.6. The molecule has 2 aromatic carbocycles. The molecule has 2 aromatic rings. The number of hydrogen-bond donors (Lipinski definition) is 2. The van der Waals surface area contributed by atoms with Gasteiger partial charge in [0, 0.05) is 36.6 Å². The Morgan fingerprint density at radius 3 is 1.54 bits per heavy atom. The van der Waals surface area contributed by atoms with E-state index in [2.05, 4.69) is 9.98 Å². The SMILES string of the molecule is CCc1cccc(C=NCCCCN=Cc2cccc(CC)c2O)c1O. The number of benzene rings is 2. The van der Waals surface area contributed by atoms with Gasteiger partial charge in [0.15, 0.2) is 0 Å². The maximum atomic E-state index is 10.1. The molecule has 0 aromatic heterocycles. The summed E-state index contributed by atoms with van der Waals surface area (Å²) in [5.74, 6) is 0.662. The van der Waals surface area contributed by atoms with Crippen molar-refractivity contribution < 1.29 is 10.2 Å². The summed E-state index contributed by atoms with van der Waals surface area (Å²) in [4.78, 5) is 8.79. The van der Waals surface area contributed by atoms with Gasteiger partial charge in [-0.15, -0.1) is 0 Å². The average Bonchev–Trinajstić information content (AvgIpc) is 2.66. The third kappa shape index (κ3) is 5.45. The Hall–Kier alpha value is -2.62. The van der Waals surface area contributed by atoms with Crippen LogP contribution < -0.4 is 0 Å². The first kappa shape index (κ1) is 19.7. The highest BCUT2D eigenvalue weighted by atomic mass is 16.3. The number of para-hydroxylation sites is 2. The monoisotopic (exact) mass is 352 g/mol. The molecule has 4 nitrogen and oxygen atoms in total. The highest BCUT2D eigenvalue weighted by molar-refractivity contribution is 5.84. The van der Waals surface area contributed by atoms with E-state index in [1.807, 2.05) is 50.2 Å². The number of hydrogen-bond acceptors (Lipinski definition) is 4. The quantitative estimate of drug-likeness (QED) is 0.514. The summed E-state index contributed by atoms with van der Waals surface area (Å²) >= 11 is 0. The van der Waals surface area contributed by atoms with Crippen molar-refractivity contribution in [2.24, 2.45) is 9.98 Å². The van der Waals surface area contributed by atoms with Gasteiger partial charge in [0.1, 0.15) is 11.5 Å². The molecule has 26 heavy (non-hydrogen) atoms. The second kappa shape index (κ2) is 10.4. The van der Waals surface area contributed by atoms with Crippen LogP contribution in [0.1, 0.15) is 48.9 Å². The minimum absolute atomic E-state index is 0.331. The van der Waals surface area contributed by atoms with Gasteiger partial charge in [-0.1, -0.05) is 38.1 Å². The second-order valence-electron chi connectivity index (χ2n) is 6.19. The largest absolute Gasteiger partial charge is 0.507 e. The Balaban J connectivity index is 1.74. The van der Waals surface area contributed by atoms with E-state index in [4.69, 9.17) is 0 Å². The first-order chi connectivity index (χ1) is 12.7. The number of aromatic hydroxyl groups is 2. The van der Waals surface area contributed by atoms with Crippen LogP contribution >= 0.6 is 0 Å². The van der Waals surface area contributed by atoms with Gasteiger partial charge in [-0.05, 0) is 48.9 Å². The minimum atomic E-state index is 0.331. The van der Waals surface area contributed by atoms with Crippen molar-refractivity contribution >= 4 is 12.4 Å². The number of aliphatic imine (C=N–C) groups is 2. The maximum absolute atomic E-state index is 10.1. The van der Waals surface area contributed by atoms with Gasteiger partial charge in [-0.3, -0.25) is 9.98 Å². The molecule has 0 radical (unpaired) electrons. The zero-order valence-corrected chi connectivity index (χ0v) is 15.7. The highest BCUT2D eigenvalue weighted by Crippen LogP contribution is 2.22. The molecule has 0 aliphatic heterocycles. The van der Waals surface area contributed by atoms with Gasteiger partial charge < -0.3 is 10.2 Å². The van der Waals surface area contributed by atoms with Crippen molar-refractivity contribution in [2.75, 3.05) is 13.1 Å². The minimum Gasteiger partial charge on any atom is -0.507 e. The average molecular weight is 352 g/mol. The Labute approximate surface area is 156 Å². The summed E-state index contributed by atoms with van der Waals surface area (Å²) < 4.78 is 0. The molecule has 2 N–H and O–H groups in total. The van der Waals surface area contributed by atoms with Crippen LogP contribution in [0.3, 0.4) is 0 Å². The Kier molecular flexibility index (Phi) is 7.87. The van der Waals surface area contributed by atoms with E-state index < -0.39 is 0 Å². The predicted octanol–water partition coefficient (Wildman–Crippen LogP) is 4.54.